The molecule has 1 saturated carbocycles. The van der Waals surface area contributed by atoms with Gasteiger partial charge >= 0.3 is 0 Å². The molecule has 0 bridgehead atoms. The van der Waals surface area contributed by atoms with Crippen LogP contribution in [0.25, 0.3) is 0 Å². The van der Waals surface area contributed by atoms with Gasteiger partial charge in [0, 0.05) is 11.3 Å². The predicted octanol–water partition coefficient (Wildman–Crippen LogP) is 2.70. The standard InChI is InChI=1S/C15H28N2OS/c1-3-7-15(10-6-11-17-15)13(18)16-12-14(19-2)8-4-5-9-14/h17H,3-12H2,1-2H3,(H,16,18). The Bertz CT molecular complexity index is 307. The zero-order valence-electron chi connectivity index (χ0n) is 12.4. The maximum Gasteiger partial charge on any atom is 0.240 e. The molecule has 0 radical (unpaired) electrons. The summed E-state index contributed by atoms with van der Waals surface area (Å²) in [6.07, 6.45) is 11.5. The summed E-state index contributed by atoms with van der Waals surface area (Å²) in [5.41, 5.74) is -0.271. The third kappa shape index (κ3) is 3.27. The maximum atomic E-state index is 12.6. The van der Waals surface area contributed by atoms with Crippen molar-refractivity contribution in [1.82, 2.24) is 10.6 Å². The SMILES string of the molecule is CCCC1(C(=O)NCC2(SC)CCCC2)CCCN1. The molecule has 4 heteroatoms. The average molecular weight is 284 g/mol. The molecule has 0 spiro atoms. The normalized spacial score (nSPS) is 29.6. The second kappa shape index (κ2) is 6.49. The van der Waals surface area contributed by atoms with Gasteiger partial charge in [-0.1, -0.05) is 26.2 Å². The van der Waals surface area contributed by atoms with Crippen molar-refractivity contribution >= 4 is 17.7 Å². The second-order valence-electron chi connectivity index (χ2n) is 6.14. The van der Waals surface area contributed by atoms with Gasteiger partial charge in [0.15, 0.2) is 0 Å². The van der Waals surface area contributed by atoms with Crippen LogP contribution in [-0.2, 0) is 4.79 Å². The first-order chi connectivity index (χ1) is 9.16. The molecule has 1 aliphatic carbocycles. The van der Waals surface area contributed by atoms with E-state index < -0.39 is 0 Å². The van der Waals surface area contributed by atoms with E-state index in [4.69, 9.17) is 0 Å². The molecule has 1 amide bonds. The van der Waals surface area contributed by atoms with Gasteiger partial charge in [0.2, 0.25) is 5.91 Å². The molecule has 1 aliphatic heterocycles. The Morgan fingerprint density at radius 1 is 1.26 bits per heavy atom. The fourth-order valence-electron chi connectivity index (χ4n) is 3.64. The van der Waals surface area contributed by atoms with Gasteiger partial charge in [0.05, 0.1) is 5.54 Å². The summed E-state index contributed by atoms with van der Waals surface area (Å²) in [6.45, 7) is 4.00. The number of carbonyl (C=O) groups is 1. The van der Waals surface area contributed by atoms with Crippen LogP contribution in [0.5, 0.6) is 0 Å². The van der Waals surface area contributed by atoms with Gasteiger partial charge in [0.25, 0.3) is 0 Å². The highest BCUT2D eigenvalue weighted by Gasteiger charge is 2.41. The van der Waals surface area contributed by atoms with Gasteiger partial charge in [-0.2, -0.15) is 11.8 Å². The third-order valence-corrected chi connectivity index (χ3v) is 6.29. The lowest BCUT2D eigenvalue weighted by Gasteiger charge is -2.32. The third-order valence-electron chi connectivity index (χ3n) is 4.87. The van der Waals surface area contributed by atoms with Crippen LogP contribution >= 0.6 is 11.8 Å². The van der Waals surface area contributed by atoms with Crippen LogP contribution < -0.4 is 10.6 Å². The molecule has 19 heavy (non-hydrogen) atoms. The number of amides is 1. The summed E-state index contributed by atoms with van der Waals surface area (Å²) in [6, 6.07) is 0. The monoisotopic (exact) mass is 284 g/mol. The minimum Gasteiger partial charge on any atom is -0.353 e. The number of rotatable bonds is 6. The van der Waals surface area contributed by atoms with Gasteiger partial charge < -0.3 is 10.6 Å². The van der Waals surface area contributed by atoms with Crippen molar-refractivity contribution in [3.05, 3.63) is 0 Å². The highest BCUT2D eigenvalue weighted by atomic mass is 32.2. The van der Waals surface area contributed by atoms with Crippen LogP contribution in [0.1, 0.15) is 58.3 Å². The molecule has 2 rings (SSSR count). The molecule has 0 aromatic heterocycles. The Hall–Kier alpha value is -0.220. The molecule has 2 N–H and O–H groups in total. The van der Waals surface area contributed by atoms with Crippen molar-refractivity contribution < 1.29 is 4.79 Å². The van der Waals surface area contributed by atoms with Crippen LogP contribution in [-0.4, -0.2) is 35.5 Å². The largest absolute Gasteiger partial charge is 0.353 e. The number of hydrogen-bond donors (Lipinski definition) is 2. The molecule has 1 atom stereocenters. The minimum atomic E-state index is -0.271. The lowest BCUT2D eigenvalue weighted by atomic mass is 9.90. The molecule has 1 saturated heterocycles. The first-order valence-electron chi connectivity index (χ1n) is 7.75. The van der Waals surface area contributed by atoms with Crippen molar-refractivity contribution in [2.45, 2.75) is 68.6 Å². The van der Waals surface area contributed by atoms with E-state index in [9.17, 15) is 4.79 Å². The van der Waals surface area contributed by atoms with E-state index in [0.717, 1.165) is 38.8 Å². The average Bonchev–Trinajstić information content (AvgIpc) is 3.07. The van der Waals surface area contributed by atoms with E-state index in [1.807, 2.05) is 11.8 Å². The minimum absolute atomic E-state index is 0.243. The summed E-state index contributed by atoms with van der Waals surface area (Å²) in [7, 11) is 0. The lowest BCUT2D eigenvalue weighted by Crippen LogP contribution is -2.55. The topological polar surface area (TPSA) is 41.1 Å². The highest BCUT2D eigenvalue weighted by molar-refractivity contribution is 8.00. The van der Waals surface area contributed by atoms with E-state index in [1.165, 1.54) is 25.7 Å². The summed E-state index contributed by atoms with van der Waals surface area (Å²) in [4.78, 5) is 12.6. The number of hydrogen-bond acceptors (Lipinski definition) is 3. The summed E-state index contributed by atoms with van der Waals surface area (Å²) in [5.74, 6) is 0.243. The zero-order chi connectivity index (χ0) is 13.8. The van der Waals surface area contributed by atoms with E-state index in [-0.39, 0.29) is 11.4 Å². The van der Waals surface area contributed by atoms with Crippen molar-refractivity contribution in [3.8, 4) is 0 Å². The number of nitrogens with one attached hydrogen (secondary N) is 2. The maximum absolute atomic E-state index is 12.6. The van der Waals surface area contributed by atoms with Crippen LogP contribution in [0.2, 0.25) is 0 Å². The summed E-state index contributed by atoms with van der Waals surface area (Å²) >= 11 is 1.94. The molecule has 1 unspecified atom stereocenters. The Labute approximate surface area is 121 Å². The lowest BCUT2D eigenvalue weighted by molar-refractivity contribution is -0.127. The fraction of sp³-hybridized carbons (Fsp3) is 0.933. The van der Waals surface area contributed by atoms with Crippen LogP contribution in [0.15, 0.2) is 0 Å². The van der Waals surface area contributed by atoms with E-state index in [2.05, 4.69) is 23.8 Å². The molecule has 110 valence electrons. The zero-order valence-corrected chi connectivity index (χ0v) is 13.2. The van der Waals surface area contributed by atoms with E-state index in [1.54, 1.807) is 0 Å². The Morgan fingerprint density at radius 3 is 2.53 bits per heavy atom. The van der Waals surface area contributed by atoms with Crippen molar-refractivity contribution in [1.29, 1.82) is 0 Å². The van der Waals surface area contributed by atoms with Gasteiger partial charge in [-0.05, 0) is 44.9 Å². The molecule has 1 heterocycles. The molecule has 2 fully saturated rings. The predicted molar refractivity (Wildman–Crippen MR) is 82.6 cm³/mol. The summed E-state index contributed by atoms with van der Waals surface area (Å²) in [5, 5.41) is 6.72. The van der Waals surface area contributed by atoms with Crippen LogP contribution in [0.3, 0.4) is 0 Å². The van der Waals surface area contributed by atoms with Crippen molar-refractivity contribution in [3.63, 3.8) is 0 Å². The van der Waals surface area contributed by atoms with Gasteiger partial charge in [-0.3, -0.25) is 4.79 Å². The molecule has 3 nitrogen and oxygen atoms in total. The fourth-order valence-corrected chi connectivity index (χ4v) is 4.55. The first kappa shape index (κ1) is 15.2. The molecular formula is C15H28N2OS. The van der Waals surface area contributed by atoms with E-state index in [0.29, 0.717) is 4.75 Å². The van der Waals surface area contributed by atoms with E-state index >= 15 is 0 Å². The van der Waals surface area contributed by atoms with Crippen molar-refractivity contribution in [2.24, 2.45) is 0 Å². The van der Waals surface area contributed by atoms with Gasteiger partial charge in [0.1, 0.15) is 0 Å². The molecular weight excluding hydrogens is 256 g/mol. The molecule has 0 aromatic carbocycles. The van der Waals surface area contributed by atoms with Crippen LogP contribution in [0.4, 0.5) is 0 Å². The molecule has 0 aromatic rings. The number of carbonyl (C=O) groups excluding carboxylic acids is 1. The van der Waals surface area contributed by atoms with Gasteiger partial charge in [-0.15, -0.1) is 0 Å². The quantitative estimate of drug-likeness (QED) is 0.788. The first-order valence-corrected chi connectivity index (χ1v) is 8.97. The van der Waals surface area contributed by atoms with Gasteiger partial charge in [-0.25, -0.2) is 0 Å². The highest BCUT2D eigenvalue weighted by Crippen LogP contribution is 2.39. The Balaban J connectivity index is 1.92. The number of thioether (sulfide) groups is 1. The Kier molecular flexibility index (Phi) is 5.18. The molecule has 2 aliphatic rings. The summed E-state index contributed by atoms with van der Waals surface area (Å²) < 4.78 is 0.307. The Morgan fingerprint density at radius 2 is 2.00 bits per heavy atom. The smallest absolute Gasteiger partial charge is 0.240 e. The van der Waals surface area contributed by atoms with Crippen molar-refractivity contribution in [2.75, 3.05) is 19.3 Å². The second-order valence-corrected chi connectivity index (χ2v) is 7.41. The van der Waals surface area contributed by atoms with Crippen LogP contribution in [0, 0.1) is 0 Å².